The second kappa shape index (κ2) is 5.89. The van der Waals surface area contributed by atoms with E-state index in [2.05, 4.69) is 76.2 Å². The van der Waals surface area contributed by atoms with E-state index in [0.717, 1.165) is 0 Å². The lowest BCUT2D eigenvalue weighted by Gasteiger charge is -2.36. The van der Waals surface area contributed by atoms with E-state index >= 15 is 0 Å². The van der Waals surface area contributed by atoms with E-state index in [9.17, 15) is 0 Å². The number of likely N-dealkylation sites (N-methyl/N-ethyl adjacent to an activating group) is 1. The van der Waals surface area contributed by atoms with Crippen LogP contribution in [0.2, 0.25) is 0 Å². The minimum absolute atomic E-state index is 0.526. The largest absolute Gasteiger partial charge is 0.306 e. The van der Waals surface area contributed by atoms with Crippen LogP contribution in [0.1, 0.15) is 45.7 Å². The van der Waals surface area contributed by atoms with Crippen LogP contribution in [0.3, 0.4) is 0 Å². The zero-order valence-electron chi connectivity index (χ0n) is 14.5. The third-order valence-corrected chi connectivity index (χ3v) is 5.21. The minimum Gasteiger partial charge on any atom is -0.306 e. The maximum atomic E-state index is 2.39. The van der Waals surface area contributed by atoms with Crippen molar-refractivity contribution in [2.24, 2.45) is 0 Å². The predicted molar refractivity (Wildman–Crippen MR) is 94.7 cm³/mol. The Kier molecular flexibility index (Phi) is 4.10. The first-order chi connectivity index (χ1) is 10.5. The summed E-state index contributed by atoms with van der Waals surface area (Å²) in [6.07, 6.45) is 2.39. The maximum Gasteiger partial charge on any atom is 0.0139 e. The van der Waals surface area contributed by atoms with Crippen LogP contribution in [-0.2, 0) is 6.42 Å². The van der Waals surface area contributed by atoms with Crippen molar-refractivity contribution in [3.05, 3.63) is 69.8 Å². The molecule has 2 unspecified atom stereocenters. The summed E-state index contributed by atoms with van der Waals surface area (Å²) >= 11 is 0. The monoisotopic (exact) mass is 293 g/mol. The molecule has 1 heteroatoms. The fourth-order valence-corrected chi connectivity index (χ4v) is 4.20. The number of rotatable bonds is 2. The number of aryl methyl sites for hydroxylation is 3. The summed E-state index contributed by atoms with van der Waals surface area (Å²) in [5, 5.41) is 0. The molecule has 2 atom stereocenters. The first-order valence-corrected chi connectivity index (χ1v) is 8.29. The Morgan fingerprint density at radius 2 is 1.59 bits per heavy atom. The van der Waals surface area contributed by atoms with Gasteiger partial charge in [-0.2, -0.15) is 0 Å². The van der Waals surface area contributed by atoms with Gasteiger partial charge in [0.25, 0.3) is 0 Å². The molecule has 0 spiro atoms. The number of benzene rings is 2. The maximum absolute atomic E-state index is 2.39. The highest BCUT2D eigenvalue weighted by molar-refractivity contribution is 5.48. The molecule has 1 aliphatic rings. The Morgan fingerprint density at radius 1 is 0.955 bits per heavy atom. The minimum atomic E-state index is 0.526. The lowest BCUT2D eigenvalue weighted by Crippen LogP contribution is -2.35. The van der Waals surface area contributed by atoms with Crippen LogP contribution in [0.15, 0.2) is 36.4 Å². The van der Waals surface area contributed by atoms with E-state index in [1.165, 1.54) is 40.7 Å². The summed E-state index contributed by atoms with van der Waals surface area (Å²) in [5.41, 5.74) is 8.86. The quantitative estimate of drug-likeness (QED) is 0.781. The SMILES string of the molecule is Cc1cc(C)c(C2CC(N(C)C)Cc3ccccc32)c(C)c1. The second-order valence-corrected chi connectivity index (χ2v) is 7.12. The van der Waals surface area contributed by atoms with Gasteiger partial charge < -0.3 is 4.90 Å². The van der Waals surface area contributed by atoms with E-state index in [4.69, 9.17) is 0 Å². The van der Waals surface area contributed by atoms with Gasteiger partial charge in [-0.1, -0.05) is 42.0 Å². The number of fused-ring (bicyclic) bond motifs is 1. The Morgan fingerprint density at radius 3 is 2.23 bits per heavy atom. The van der Waals surface area contributed by atoms with Gasteiger partial charge in [-0.3, -0.25) is 0 Å². The van der Waals surface area contributed by atoms with Crippen molar-refractivity contribution in [3.63, 3.8) is 0 Å². The molecule has 0 amide bonds. The number of hydrogen-bond acceptors (Lipinski definition) is 1. The van der Waals surface area contributed by atoms with Gasteiger partial charge in [0.15, 0.2) is 0 Å². The van der Waals surface area contributed by atoms with Gasteiger partial charge in [0.1, 0.15) is 0 Å². The van der Waals surface area contributed by atoms with E-state index in [1.807, 2.05) is 0 Å². The van der Waals surface area contributed by atoms with Crippen LogP contribution in [0.4, 0.5) is 0 Å². The molecule has 2 aromatic rings. The average molecular weight is 293 g/mol. The zero-order chi connectivity index (χ0) is 15.9. The second-order valence-electron chi connectivity index (χ2n) is 7.12. The molecule has 116 valence electrons. The fourth-order valence-electron chi connectivity index (χ4n) is 4.20. The molecule has 0 fully saturated rings. The molecule has 0 heterocycles. The highest BCUT2D eigenvalue weighted by Gasteiger charge is 2.30. The van der Waals surface area contributed by atoms with E-state index in [0.29, 0.717) is 12.0 Å². The molecule has 1 nitrogen and oxygen atoms in total. The lowest BCUT2D eigenvalue weighted by atomic mass is 9.74. The summed E-state index contributed by atoms with van der Waals surface area (Å²) in [6, 6.07) is 14.3. The Balaban J connectivity index is 2.13. The topological polar surface area (TPSA) is 3.24 Å². The molecular weight excluding hydrogens is 266 g/mol. The zero-order valence-corrected chi connectivity index (χ0v) is 14.5. The van der Waals surface area contributed by atoms with Crippen molar-refractivity contribution < 1.29 is 0 Å². The first kappa shape index (κ1) is 15.3. The molecule has 3 rings (SSSR count). The molecule has 22 heavy (non-hydrogen) atoms. The summed E-state index contributed by atoms with van der Waals surface area (Å²) < 4.78 is 0. The van der Waals surface area contributed by atoms with Crippen molar-refractivity contribution >= 4 is 0 Å². The van der Waals surface area contributed by atoms with Crippen molar-refractivity contribution in [1.29, 1.82) is 0 Å². The van der Waals surface area contributed by atoms with Gasteiger partial charge in [0.05, 0.1) is 0 Å². The Hall–Kier alpha value is -1.60. The summed E-state index contributed by atoms with van der Waals surface area (Å²) in [7, 11) is 4.43. The van der Waals surface area contributed by atoms with Gasteiger partial charge in [-0.05, 0) is 75.5 Å². The summed E-state index contributed by atoms with van der Waals surface area (Å²) in [5.74, 6) is 0.526. The Bertz CT molecular complexity index is 661. The molecule has 1 aliphatic carbocycles. The molecule has 0 aliphatic heterocycles. The molecule has 2 aromatic carbocycles. The smallest absolute Gasteiger partial charge is 0.0139 e. The van der Waals surface area contributed by atoms with Gasteiger partial charge >= 0.3 is 0 Å². The normalized spacial score (nSPS) is 21.0. The number of hydrogen-bond donors (Lipinski definition) is 0. The summed E-state index contributed by atoms with van der Waals surface area (Å²) in [6.45, 7) is 6.75. The average Bonchev–Trinajstić information content (AvgIpc) is 2.45. The number of nitrogens with zero attached hydrogens (tertiary/aromatic N) is 1. The van der Waals surface area contributed by atoms with Gasteiger partial charge in [-0.15, -0.1) is 0 Å². The van der Waals surface area contributed by atoms with Gasteiger partial charge in [0.2, 0.25) is 0 Å². The molecule has 0 bridgehead atoms. The fraction of sp³-hybridized carbons (Fsp3) is 0.429. The van der Waals surface area contributed by atoms with Crippen molar-refractivity contribution in [1.82, 2.24) is 4.90 Å². The third kappa shape index (κ3) is 2.70. The molecule has 0 radical (unpaired) electrons. The van der Waals surface area contributed by atoms with Gasteiger partial charge in [-0.25, -0.2) is 0 Å². The molecule has 0 aromatic heterocycles. The molecule has 0 saturated carbocycles. The van der Waals surface area contributed by atoms with Crippen molar-refractivity contribution in [2.45, 2.75) is 45.6 Å². The van der Waals surface area contributed by atoms with Crippen LogP contribution >= 0.6 is 0 Å². The standard InChI is InChI=1S/C21H27N/c1-14-10-15(2)21(16(3)11-14)20-13-18(22(4)5)12-17-8-6-7-9-19(17)20/h6-11,18,20H,12-13H2,1-5H3. The third-order valence-electron chi connectivity index (χ3n) is 5.21. The van der Waals surface area contributed by atoms with Crippen LogP contribution in [0.5, 0.6) is 0 Å². The molecule has 0 saturated heterocycles. The first-order valence-electron chi connectivity index (χ1n) is 8.29. The van der Waals surface area contributed by atoms with Crippen molar-refractivity contribution in [2.75, 3.05) is 14.1 Å². The van der Waals surface area contributed by atoms with Gasteiger partial charge in [0, 0.05) is 12.0 Å². The van der Waals surface area contributed by atoms with Crippen LogP contribution in [0, 0.1) is 20.8 Å². The predicted octanol–water partition coefficient (Wildman–Crippen LogP) is 4.62. The van der Waals surface area contributed by atoms with Crippen LogP contribution in [-0.4, -0.2) is 25.0 Å². The van der Waals surface area contributed by atoms with E-state index < -0.39 is 0 Å². The lowest BCUT2D eigenvalue weighted by molar-refractivity contribution is 0.258. The highest BCUT2D eigenvalue weighted by Crippen LogP contribution is 2.40. The van der Waals surface area contributed by atoms with Crippen molar-refractivity contribution in [3.8, 4) is 0 Å². The molecular formula is C21H27N. The van der Waals surface area contributed by atoms with E-state index in [1.54, 1.807) is 5.56 Å². The van der Waals surface area contributed by atoms with E-state index in [-0.39, 0.29) is 0 Å². The van der Waals surface area contributed by atoms with Crippen LogP contribution < -0.4 is 0 Å². The highest BCUT2D eigenvalue weighted by atomic mass is 15.1. The Labute approximate surface area is 135 Å². The molecule has 0 N–H and O–H groups in total. The van der Waals surface area contributed by atoms with Crippen LogP contribution in [0.25, 0.3) is 0 Å². The summed E-state index contributed by atoms with van der Waals surface area (Å²) in [4.78, 5) is 2.39.